The molecule has 0 saturated heterocycles. The van der Waals surface area contributed by atoms with E-state index in [1.54, 1.807) is 12.4 Å². The fourth-order valence-electron chi connectivity index (χ4n) is 1.79. The van der Waals surface area contributed by atoms with Gasteiger partial charge in [-0.25, -0.2) is 0 Å². The summed E-state index contributed by atoms with van der Waals surface area (Å²) in [6.45, 7) is 1.92. The highest BCUT2D eigenvalue weighted by Gasteiger charge is 2.37. The van der Waals surface area contributed by atoms with Crippen LogP contribution in [0, 0.1) is 23.7 Å². The predicted molar refractivity (Wildman–Crippen MR) is 52.4 cm³/mol. The van der Waals surface area contributed by atoms with E-state index in [9.17, 15) is 0 Å². The molecule has 1 fully saturated rings. The van der Waals surface area contributed by atoms with Crippen molar-refractivity contribution in [1.29, 1.82) is 5.26 Å². The van der Waals surface area contributed by atoms with Crippen LogP contribution in [0.1, 0.15) is 30.7 Å². The van der Waals surface area contributed by atoms with E-state index in [1.165, 1.54) is 6.42 Å². The Bertz CT molecular complexity index is 357. The van der Waals surface area contributed by atoms with Crippen LogP contribution in [0.25, 0.3) is 0 Å². The third-order valence-corrected chi connectivity index (χ3v) is 2.90. The van der Waals surface area contributed by atoms with Crippen LogP contribution in [0.4, 0.5) is 0 Å². The topological polar surface area (TPSA) is 49.6 Å². The van der Waals surface area contributed by atoms with Crippen molar-refractivity contribution in [3.8, 4) is 6.07 Å². The summed E-state index contributed by atoms with van der Waals surface area (Å²) in [7, 11) is 0. The van der Waals surface area contributed by atoms with Crippen LogP contribution in [0.3, 0.4) is 0 Å². The first-order valence-electron chi connectivity index (χ1n) is 4.93. The van der Waals surface area contributed by atoms with Crippen LogP contribution in [0.15, 0.2) is 12.4 Å². The van der Waals surface area contributed by atoms with Gasteiger partial charge in [0.2, 0.25) is 0 Å². The molecular formula is C11H13N3. The minimum atomic E-state index is -0.135. The second-order valence-electron chi connectivity index (χ2n) is 4.07. The number of rotatable bonds is 2. The van der Waals surface area contributed by atoms with Crippen molar-refractivity contribution in [3.63, 3.8) is 0 Å². The largest absolute Gasteiger partial charge is 0.258 e. The van der Waals surface area contributed by atoms with Crippen LogP contribution >= 0.6 is 0 Å². The lowest BCUT2D eigenvalue weighted by Crippen LogP contribution is -2.30. The molecule has 1 aromatic rings. The van der Waals surface area contributed by atoms with Crippen molar-refractivity contribution in [1.82, 2.24) is 9.97 Å². The number of nitriles is 1. The maximum absolute atomic E-state index is 9.05. The molecular weight excluding hydrogens is 174 g/mol. The third-order valence-electron chi connectivity index (χ3n) is 2.90. The van der Waals surface area contributed by atoms with Gasteiger partial charge < -0.3 is 0 Å². The third kappa shape index (κ3) is 1.60. The zero-order chi connectivity index (χ0) is 10.0. The summed E-state index contributed by atoms with van der Waals surface area (Å²) in [6.07, 6.45) is 7.51. The van der Waals surface area contributed by atoms with Gasteiger partial charge in [-0.15, -0.1) is 0 Å². The zero-order valence-electron chi connectivity index (χ0n) is 8.32. The molecule has 72 valence electrons. The molecule has 0 N–H and O–H groups in total. The molecule has 0 atom stereocenters. The van der Waals surface area contributed by atoms with Gasteiger partial charge in [-0.05, 0) is 19.8 Å². The number of hydrogen-bond donors (Lipinski definition) is 0. The Kier molecular flexibility index (Phi) is 2.20. The predicted octanol–water partition coefficient (Wildman–Crippen LogP) is 2.02. The summed E-state index contributed by atoms with van der Waals surface area (Å²) in [6, 6.07) is 2.41. The van der Waals surface area contributed by atoms with E-state index in [4.69, 9.17) is 5.26 Å². The standard InChI is InChI=1S/C11H13N3/c1-9-6-14-10(7-13-9)5-11(8-12)3-2-4-11/h6-7H,2-5H2,1H3. The molecule has 1 heterocycles. The Morgan fingerprint density at radius 2 is 2.21 bits per heavy atom. The van der Waals surface area contributed by atoms with E-state index >= 15 is 0 Å². The second kappa shape index (κ2) is 3.38. The first-order chi connectivity index (χ1) is 6.74. The van der Waals surface area contributed by atoms with E-state index < -0.39 is 0 Å². The highest BCUT2D eigenvalue weighted by atomic mass is 14.8. The number of aryl methyl sites for hydroxylation is 1. The normalized spacial score (nSPS) is 18.3. The zero-order valence-corrected chi connectivity index (χ0v) is 8.32. The number of aromatic nitrogens is 2. The Morgan fingerprint density at radius 1 is 1.43 bits per heavy atom. The molecule has 0 aromatic carbocycles. The molecule has 14 heavy (non-hydrogen) atoms. The number of nitrogens with zero attached hydrogens (tertiary/aromatic N) is 3. The lowest BCUT2D eigenvalue weighted by molar-refractivity contribution is 0.212. The van der Waals surface area contributed by atoms with Crippen molar-refractivity contribution in [2.75, 3.05) is 0 Å². The summed E-state index contributed by atoms with van der Waals surface area (Å²) < 4.78 is 0. The smallest absolute Gasteiger partial charge is 0.0693 e. The molecule has 0 amide bonds. The quantitative estimate of drug-likeness (QED) is 0.711. The molecule has 1 aromatic heterocycles. The minimum Gasteiger partial charge on any atom is -0.258 e. The average Bonchev–Trinajstić information content (AvgIpc) is 2.15. The maximum Gasteiger partial charge on any atom is 0.0693 e. The van der Waals surface area contributed by atoms with Crippen LogP contribution < -0.4 is 0 Å². The van der Waals surface area contributed by atoms with Gasteiger partial charge in [0.1, 0.15) is 0 Å². The minimum absolute atomic E-state index is 0.135. The first-order valence-corrected chi connectivity index (χ1v) is 4.93. The van der Waals surface area contributed by atoms with Gasteiger partial charge >= 0.3 is 0 Å². The van der Waals surface area contributed by atoms with Crippen molar-refractivity contribution < 1.29 is 0 Å². The Hall–Kier alpha value is -1.43. The molecule has 0 spiro atoms. The van der Waals surface area contributed by atoms with Crippen LogP contribution in [0.5, 0.6) is 0 Å². The second-order valence-corrected chi connectivity index (χ2v) is 4.07. The van der Waals surface area contributed by atoms with E-state index in [0.29, 0.717) is 0 Å². The van der Waals surface area contributed by atoms with Crippen molar-refractivity contribution in [3.05, 3.63) is 23.8 Å². The first kappa shape index (κ1) is 9.14. The van der Waals surface area contributed by atoms with Crippen LogP contribution in [0.2, 0.25) is 0 Å². The fourth-order valence-corrected chi connectivity index (χ4v) is 1.79. The summed E-state index contributed by atoms with van der Waals surface area (Å²) >= 11 is 0. The SMILES string of the molecule is Cc1cnc(CC2(C#N)CCC2)cn1. The van der Waals surface area contributed by atoms with Gasteiger partial charge in [0.25, 0.3) is 0 Å². The van der Waals surface area contributed by atoms with Gasteiger partial charge in [0.15, 0.2) is 0 Å². The molecule has 2 rings (SSSR count). The van der Waals surface area contributed by atoms with Gasteiger partial charge in [-0.2, -0.15) is 5.26 Å². The number of hydrogen-bond acceptors (Lipinski definition) is 3. The summed E-state index contributed by atoms with van der Waals surface area (Å²) in [5.41, 5.74) is 1.73. The van der Waals surface area contributed by atoms with Crippen LogP contribution in [-0.4, -0.2) is 9.97 Å². The monoisotopic (exact) mass is 187 g/mol. The summed E-state index contributed by atoms with van der Waals surface area (Å²) in [4.78, 5) is 8.46. The molecule has 0 aliphatic heterocycles. The van der Waals surface area contributed by atoms with E-state index in [2.05, 4.69) is 16.0 Å². The lowest BCUT2D eigenvalue weighted by Gasteiger charge is -2.34. The van der Waals surface area contributed by atoms with Crippen LogP contribution in [-0.2, 0) is 6.42 Å². The molecule has 3 heteroatoms. The van der Waals surface area contributed by atoms with Gasteiger partial charge in [-0.1, -0.05) is 6.42 Å². The van der Waals surface area contributed by atoms with Crippen molar-refractivity contribution in [2.24, 2.45) is 5.41 Å². The highest BCUT2D eigenvalue weighted by molar-refractivity contribution is 5.13. The van der Waals surface area contributed by atoms with Gasteiger partial charge in [0.05, 0.1) is 22.9 Å². The summed E-state index contributed by atoms with van der Waals surface area (Å²) in [5.74, 6) is 0. The molecule has 1 saturated carbocycles. The molecule has 0 unspecified atom stereocenters. The maximum atomic E-state index is 9.05. The van der Waals surface area contributed by atoms with Crippen molar-refractivity contribution >= 4 is 0 Å². The Labute approximate surface area is 83.8 Å². The fraction of sp³-hybridized carbons (Fsp3) is 0.545. The summed E-state index contributed by atoms with van der Waals surface area (Å²) in [5, 5.41) is 9.05. The van der Waals surface area contributed by atoms with E-state index in [1.807, 2.05) is 6.92 Å². The Morgan fingerprint density at radius 3 is 2.64 bits per heavy atom. The van der Waals surface area contributed by atoms with Gasteiger partial charge in [-0.3, -0.25) is 9.97 Å². The molecule has 0 radical (unpaired) electrons. The molecule has 1 aliphatic carbocycles. The highest BCUT2D eigenvalue weighted by Crippen LogP contribution is 2.42. The average molecular weight is 187 g/mol. The molecule has 0 bridgehead atoms. The molecule has 1 aliphatic rings. The van der Waals surface area contributed by atoms with E-state index in [-0.39, 0.29) is 5.41 Å². The van der Waals surface area contributed by atoms with Gasteiger partial charge in [0, 0.05) is 18.8 Å². The lowest BCUT2D eigenvalue weighted by atomic mass is 9.67. The van der Waals surface area contributed by atoms with E-state index in [0.717, 1.165) is 30.7 Å². The molecule has 3 nitrogen and oxygen atoms in total. The Balaban J connectivity index is 2.11. The van der Waals surface area contributed by atoms with Crippen molar-refractivity contribution in [2.45, 2.75) is 32.6 Å².